The predicted molar refractivity (Wildman–Crippen MR) is 65.6 cm³/mol. The molecule has 0 saturated heterocycles. The average Bonchev–Trinajstić information content (AvgIpc) is 2.86. The van der Waals surface area contributed by atoms with Crippen molar-refractivity contribution in [1.82, 2.24) is 15.0 Å². The molecule has 0 unspecified atom stereocenters. The Hall–Kier alpha value is -1.41. The summed E-state index contributed by atoms with van der Waals surface area (Å²) < 4.78 is 26.2. The molecule has 0 aromatic carbocycles. The number of nitrogens with zero attached hydrogens (tertiary/aromatic N) is 2. The van der Waals surface area contributed by atoms with Gasteiger partial charge in [0.25, 0.3) is 10.0 Å². The Labute approximate surface area is 103 Å². The first-order valence-corrected chi connectivity index (χ1v) is 7.30. The monoisotopic (exact) mass is 272 g/mol. The van der Waals surface area contributed by atoms with Crippen LogP contribution in [0.1, 0.15) is 17.6 Å². The molecule has 0 radical (unpaired) electrons. The zero-order valence-corrected chi connectivity index (χ0v) is 11.0. The Kier molecular flexibility index (Phi) is 3.16. The van der Waals surface area contributed by atoms with E-state index in [2.05, 4.69) is 19.7 Å². The van der Waals surface area contributed by atoms with Crippen molar-refractivity contribution in [1.29, 1.82) is 0 Å². The summed E-state index contributed by atoms with van der Waals surface area (Å²) in [6.07, 6.45) is 3.58. The standard InChI is InChI=1S/C9H12N4O2S2/c1-3-7-10-5-8(12-7)17(14,15)13-9-11-4-6(2)16-9/h4-5H,3H2,1-2H3,(H,10,12)(H,11,13). The number of aromatic amines is 1. The van der Waals surface area contributed by atoms with Crippen LogP contribution >= 0.6 is 11.3 Å². The molecule has 2 aromatic heterocycles. The first-order valence-electron chi connectivity index (χ1n) is 5.00. The van der Waals surface area contributed by atoms with Crippen molar-refractivity contribution in [2.24, 2.45) is 0 Å². The van der Waals surface area contributed by atoms with Gasteiger partial charge in [0, 0.05) is 17.5 Å². The van der Waals surface area contributed by atoms with Gasteiger partial charge in [0.1, 0.15) is 5.82 Å². The zero-order chi connectivity index (χ0) is 12.5. The van der Waals surface area contributed by atoms with Crippen LogP contribution in [0.4, 0.5) is 5.13 Å². The summed E-state index contributed by atoms with van der Waals surface area (Å²) >= 11 is 1.29. The van der Waals surface area contributed by atoms with Crippen molar-refractivity contribution in [3.63, 3.8) is 0 Å². The van der Waals surface area contributed by atoms with Crippen molar-refractivity contribution in [2.75, 3.05) is 4.72 Å². The molecular formula is C9H12N4O2S2. The van der Waals surface area contributed by atoms with Crippen LogP contribution in [0, 0.1) is 6.92 Å². The molecule has 0 saturated carbocycles. The number of anilines is 1. The molecule has 17 heavy (non-hydrogen) atoms. The predicted octanol–water partition coefficient (Wildman–Crippen LogP) is 1.54. The molecule has 0 spiro atoms. The van der Waals surface area contributed by atoms with Gasteiger partial charge in [-0.1, -0.05) is 6.92 Å². The smallest absolute Gasteiger partial charge is 0.280 e. The normalized spacial score (nSPS) is 11.6. The minimum Gasteiger partial charge on any atom is -0.332 e. The summed E-state index contributed by atoms with van der Waals surface area (Å²) in [5.74, 6) is 0.640. The molecule has 6 nitrogen and oxygen atoms in total. The second-order valence-corrected chi connectivity index (χ2v) is 6.31. The van der Waals surface area contributed by atoms with Gasteiger partial charge in [-0.05, 0) is 6.92 Å². The van der Waals surface area contributed by atoms with Crippen molar-refractivity contribution in [3.05, 3.63) is 23.1 Å². The highest BCUT2D eigenvalue weighted by Crippen LogP contribution is 2.20. The summed E-state index contributed by atoms with van der Waals surface area (Å²) in [7, 11) is -3.61. The summed E-state index contributed by atoms with van der Waals surface area (Å²) in [5, 5.41) is 0.414. The number of hydrogen-bond acceptors (Lipinski definition) is 5. The molecule has 0 aliphatic rings. The lowest BCUT2D eigenvalue weighted by Gasteiger charge is -2.01. The maximum atomic E-state index is 11.9. The van der Waals surface area contributed by atoms with Crippen LogP contribution in [0.25, 0.3) is 0 Å². The van der Waals surface area contributed by atoms with Crippen LogP contribution in [0.2, 0.25) is 0 Å². The molecule has 0 atom stereocenters. The van der Waals surface area contributed by atoms with E-state index in [9.17, 15) is 8.42 Å². The Balaban J connectivity index is 2.24. The minimum atomic E-state index is -3.61. The largest absolute Gasteiger partial charge is 0.332 e. The van der Waals surface area contributed by atoms with Gasteiger partial charge < -0.3 is 4.98 Å². The van der Waals surface area contributed by atoms with Gasteiger partial charge in [-0.25, -0.2) is 9.97 Å². The fourth-order valence-corrected chi connectivity index (χ4v) is 3.08. The van der Waals surface area contributed by atoms with E-state index >= 15 is 0 Å². The summed E-state index contributed by atoms with van der Waals surface area (Å²) in [6.45, 7) is 3.76. The molecule has 2 N–H and O–H groups in total. The summed E-state index contributed by atoms with van der Waals surface area (Å²) in [6, 6.07) is 0. The molecule has 92 valence electrons. The number of imidazole rings is 1. The number of nitrogens with one attached hydrogen (secondary N) is 2. The van der Waals surface area contributed by atoms with E-state index in [0.717, 1.165) is 4.88 Å². The van der Waals surface area contributed by atoms with Gasteiger partial charge in [0.05, 0.1) is 6.20 Å². The quantitative estimate of drug-likeness (QED) is 0.883. The molecule has 0 fully saturated rings. The van der Waals surface area contributed by atoms with Gasteiger partial charge in [-0.2, -0.15) is 8.42 Å². The van der Waals surface area contributed by atoms with E-state index in [1.54, 1.807) is 6.20 Å². The lowest BCUT2D eigenvalue weighted by Crippen LogP contribution is -2.13. The third-order valence-electron chi connectivity index (χ3n) is 2.07. The molecule has 2 heterocycles. The maximum absolute atomic E-state index is 11.9. The number of hydrogen-bond donors (Lipinski definition) is 2. The Bertz CT molecular complexity index is 614. The third kappa shape index (κ3) is 2.64. The van der Waals surface area contributed by atoms with Crippen LogP contribution in [0.5, 0.6) is 0 Å². The second-order valence-electron chi connectivity index (χ2n) is 3.43. The molecule has 0 aliphatic heterocycles. The molecule has 0 bridgehead atoms. The van der Waals surface area contributed by atoms with E-state index in [4.69, 9.17) is 0 Å². The maximum Gasteiger partial charge on any atom is 0.280 e. The minimum absolute atomic E-state index is 0.0576. The molecule has 2 rings (SSSR count). The Morgan fingerprint density at radius 3 is 2.71 bits per heavy atom. The molecule has 2 aromatic rings. The Morgan fingerprint density at radius 2 is 2.18 bits per heavy atom. The van der Waals surface area contributed by atoms with Gasteiger partial charge in [0.2, 0.25) is 0 Å². The van der Waals surface area contributed by atoms with Crippen LogP contribution in [-0.2, 0) is 16.4 Å². The highest BCUT2D eigenvalue weighted by molar-refractivity contribution is 7.92. The second kappa shape index (κ2) is 4.46. The number of rotatable bonds is 4. The van der Waals surface area contributed by atoms with Gasteiger partial charge in [-0.15, -0.1) is 11.3 Å². The number of sulfonamides is 1. The van der Waals surface area contributed by atoms with Crippen LogP contribution in [-0.4, -0.2) is 23.4 Å². The highest BCUT2D eigenvalue weighted by atomic mass is 32.2. The number of thiazole rings is 1. The van der Waals surface area contributed by atoms with Crippen LogP contribution in [0.15, 0.2) is 17.4 Å². The van der Waals surface area contributed by atoms with E-state index in [0.29, 0.717) is 17.4 Å². The lowest BCUT2D eigenvalue weighted by molar-refractivity contribution is 0.598. The summed E-state index contributed by atoms with van der Waals surface area (Å²) in [5.41, 5.74) is 0. The topological polar surface area (TPSA) is 87.7 Å². The Morgan fingerprint density at radius 1 is 1.41 bits per heavy atom. The van der Waals surface area contributed by atoms with E-state index in [1.165, 1.54) is 17.5 Å². The first-order chi connectivity index (χ1) is 8.01. The van der Waals surface area contributed by atoms with E-state index < -0.39 is 10.0 Å². The molecule has 0 aliphatic carbocycles. The van der Waals surface area contributed by atoms with Crippen molar-refractivity contribution >= 4 is 26.5 Å². The van der Waals surface area contributed by atoms with Gasteiger partial charge >= 0.3 is 0 Å². The van der Waals surface area contributed by atoms with Gasteiger partial charge in [-0.3, -0.25) is 4.72 Å². The first kappa shape index (κ1) is 12.1. The van der Waals surface area contributed by atoms with Gasteiger partial charge in [0.15, 0.2) is 10.2 Å². The van der Waals surface area contributed by atoms with E-state index in [-0.39, 0.29) is 5.03 Å². The molecular weight excluding hydrogens is 260 g/mol. The fraction of sp³-hybridized carbons (Fsp3) is 0.333. The molecule has 8 heteroatoms. The summed E-state index contributed by atoms with van der Waals surface area (Å²) in [4.78, 5) is 11.6. The SMILES string of the molecule is CCc1ncc(S(=O)(=O)Nc2ncc(C)s2)[nH]1. The van der Waals surface area contributed by atoms with Crippen molar-refractivity contribution < 1.29 is 8.42 Å². The third-order valence-corrected chi connectivity index (χ3v) is 4.28. The van der Waals surface area contributed by atoms with Crippen molar-refractivity contribution in [2.45, 2.75) is 25.3 Å². The fourth-order valence-electron chi connectivity index (χ4n) is 1.23. The number of aromatic nitrogens is 3. The molecule has 0 amide bonds. The van der Waals surface area contributed by atoms with Crippen molar-refractivity contribution in [3.8, 4) is 0 Å². The lowest BCUT2D eigenvalue weighted by atomic mass is 10.5. The van der Waals surface area contributed by atoms with Crippen LogP contribution in [0.3, 0.4) is 0 Å². The number of H-pyrrole nitrogens is 1. The van der Waals surface area contributed by atoms with Crippen LogP contribution < -0.4 is 4.72 Å². The highest BCUT2D eigenvalue weighted by Gasteiger charge is 2.18. The zero-order valence-electron chi connectivity index (χ0n) is 9.39. The number of aryl methyl sites for hydroxylation is 2. The average molecular weight is 272 g/mol. The van der Waals surface area contributed by atoms with E-state index in [1.807, 2.05) is 13.8 Å².